The fourth-order valence-electron chi connectivity index (χ4n) is 3.11. The predicted octanol–water partition coefficient (Wildman–Crippen LogP) is 4.23. The summed E-state index contributed by atoms with van der Waals surface area (Å²) in [6.07, 6.45) is 1.93. The quantitative estimate of drug-likeness (QED) is 0.519. The smallest absolute Gasteiger partial charge is 0.203 e. The molecule has 4 rings (SSSR count). The van der Waals surface area contributed by atoms with Crippen LogP contribution >= 0.6 is 0 Å². The molecule has 142 valence electrons. The van der Waals surface area contributed by atoms with Crippen molar-refractivity contribution in [3.63, 3.8) is 0 Å². The number of rotatable bonds is 5. The molecule has 7 heteroatoms. The fourth-order valence-corrected chi connectivity index (χ4v) is 3.11. The number of methoxy groups -OCH3 is 3. The van der Waals surface area contributed by atoms with Crippen molar-refractivity contribution in [2.75, 3.05) is 21.3 Å². The molecule has 0 aliphatic heterocycles. The highest BCUT2D eigenvalue weighted by atomic mass is 19.1. The van der Waals surface area contributed by atoms with Crippen LogP contribution in [0, 0.1) is 5.82 Å². The second-order valence-corrected chi connectivity index (χ2v) is 6.09. The summed E-state index contributed by atoms with van der Waals surface area (Å²) in [5.74, 6) is 2.00. The lowest BCUT2D eigenvalue weighted by Crippen LogP contribution is -1.96. The predicted molar refractivity (Wildman–Crippen MR) is 103 cm³/mol. The van der Waals surface area contributed by atoms with Gasteiger partial charge in [0.05, 0.1) is 21.3 Å². The van der Waals surface area contributed by atoms with E-state index in [1.54, 1.807) is 33.5 Å². The molecule has 2 aromatic heterocycles. The van der Waals surface area contributed by atoms with E-state index in [0.717, 1.165) is 16.7 Å². The molecule has 0 N–H and O–H groups in total. The summed E-state index contributed by atoms with van der Waals surface area (Å²) in [4.78, 5) is 0. The molecule has 0 spiro atoms. The fraction of sp³-hybridized carbons (Fsp3) is 0.143. The number of nitrogens with zero attached hydrogens (tertiary/aromatic N) is 3. The minimum Gasteiger partial charge on any atom is -0.493 e. The highest BCUT2D eigenvalue weighted by molar-refractivity contribution is 5.72. The molecule has 0 bridgehead atoms. The lowest BCUT2D eigenvalue weighted by molar-refractivity contribution is 0.324. The van der Waals surface area contributed by atoms with Crippen LogP contribution in [0.5, 0.6) is 17.2 Å². The third-order valence-corrected chi connectivity index (χ3v) is 4.50. The van der Waals surface area contributed by atoms with Crippen LogP contribution in [0.4, 0.5) is 4.39 Å². The van der Waals surface area contributed by atoms with Crippen LogP contribution in [-0.2, 0) is 0 Å². The van der Waals surface area contributed by atoms with Gasteiger partial charge in [0, 0.05) is 11.8 Å². The maximum atomic E-state index is 13.3. The van der Waals surface area contributed by atoms with E-state index >= 15 is 0 Å². The number of fused-ring (bicyclic) bond motifs is 1. The van der Waals surface area contributed by atoms with E-state index in [0.29, 0.717) is 28.7 Å². The molecule has 0 saturated heterocycles. The Labute approximate surface area is 161 Å². The molecule has 2 aromatic carbocycles. The molecule has 0 amide bonds. The zero-order chi connectivity index (χ0) is 19.7. The van der Waals surface area contributed by atoms with Crippen molar-refractivity contribution in [3.8, 4) is 39.8 Å². The van der Waals surface area contributed by atoms with E-state index in [9.17, 15) is 4.39 Å². The number of hydrogen-bond acceptors (Lipinski definition) is 5. The molecular formula is C21H18FN3O3. The molecule has 0 atom stereocenters. The normalized spacial score (nSPS) is 10.9. The Bertz CT molecular complexity index is 1110. The van der Waals surface area contributed by atoms with Crippen molar-refractivity contribution < 1.29 is 18.6 Å². The summed E-state index contributed by atoms with van der Waals surface area (Å²) in [5, 5.41) is 8.44. The van der Waals surface area contributed by atoms with E-state index in [2.05, 4.69) is 10.2 Å². The summed E-state index contributed by atoms with van der Waals surface area (Å²) in [6.45, 7) is 0. The largest absolute Gasteiger partial charge is 0.493 e. The number of halogens is 1. The topological polar surface area (TPSA) is 57.9 Å². The number of aromatic nitrogens is 3. The average molecular weight is 379 g/mol. The van der Waals surface area contributed by atoms with E-state index < -0.39 is 0 Å². The lowest BCUT2D eigenvalue weighted by Gasteiger charge is -2.14. The molecule has 0 radical (unpaired) electrons. The molecule has 0 aliphatic rings. The Morgan fingerprint density at radius 1 is 0.750 bits per heavy atom. The van der Waals surface area contributed by atoms with Gasteiger partial charge in [-0.25, -0.2) is 4.39 Å². The van der Waals surface area contributed by atoms with E-state index in [1.807, 2.05) is 34.9 Å². The first-order valence-corrected chi connectivity index (χ1v) is 8.55. The van der Waals surface area contributed by atoms with E-state index in [-0.39, 0.29) is 5.82 Å². The van der Waals surface area contributed by atoms with Gasteiger partial charge in [-0.15, -0.1) is 10.2 Å². The van der Waals surface area contributed by atoms with Crippen LogP contribution in [0.3, 0.4) is 0 Å². The SMILES string of the molecule is COc1cc(-c2ccc3nnc(-c4ccc(F)cc4)n3c2)cc(OC)c1OC. The highest BCUT2D eigenvalue weighted by Crippen LogP contribution is 2.41. The first-order chi connectivity index (χ1) is 13.6. The third kappa shape index (κ3) is 3.00. The molecule has 0 saturated carbocycles. The van der Waals surface area contributed by atoms with Gasteiger partial charge >= 0.3 is 0 Å². The molecular weight excluding hydrogens is 361 g/mol. The zero-order valence-electron chi connectivity index (χ0n) is 15.6. The molecule has 6 nitrogen and oxygen atoms in total. The highest BCUT2D eigenvalue weighted by Gasteiger charge is 2.15. The van der Waals surface area contributed by atoms with Gasteiger partial charge < -0.3 is 14.2 Å². The summed E-state index contributed by atoms with van der Waals surface area (Å²) in [7, 11) is 4.73. The molecule has 0 fully saturated rings. The Morgan fingerprint density at radius 3 is 2.00 bits per heavy atom. The number of hydrogen-bond donors (Lipinski definition) is 0. The van der Waals surface area contributed by atoms with Crippen molar-refractivity contribution in [2.24, 2.45) is 0 Å². The third-order valence-electron chi connectivity index (χ3n) is 4.50. The Morgan fingerprint density at radius 2 is 1.39 bits per heavy atom. The van der Waals surface area contributed by atoms with Gasteiger partial charge in [0.2, 0.25) is 5.75 Å². The first-order valence-electron chi connectivity index (χ1n) is 8.55. The maximum Gasteiger partial charge on any atom is 0.203 e. The van der Waals surface area contributed by atoms with E-state index in [1.165, 1.54) is 12.1 Å². The van der Waals surface area contributed by atoms with Crippen molar-refractivity contribution in [1.29, 1.82) is 0 Å². The van der Waals surface area contributed by atoms with Crippen molar-refractivity contribution in [3.05, 3.63) is 60.5 Å². The Hall–Kier alpha value is -3.61. The van der Waals surface area contributed by atoms with E-state index in [4.69, 9.17) is 14.2 Å². The van der Waals surface area contributed by atoms with Gasteiger partial charge in [-0.3, -0.25) is 4.40 Å². The van der Waals surface area contributed by atoms with Crippen molar-refractivity contribution in [2.45, 2.75) is 0 Å². The molecule has 0 unspecified atom stereocenters. The second-order valence-electron chi connectivity index (χ2n) is 6.09. The monoisotopic (exact) mass is 379 g/mol. The van der Waals surface area contributed by atoms with Crippen LogP contribution < -0.4 is 14.2 Å². The number of benzene rings is 2. The maximum absolute atomic E-state index is 13.3. The molecule has 0 aliphatic carbocycles. The first kappa shape index (κ1) is 17.8. The van der Waals surface area contributed by atoms with Gasteiger partial charge in [-0.1, -0.05) is 0 Å². The summed E-state index contributed by atoms with van der Waals surface area (Å²) < 4.78 is 31.4. The average Bonchev–Trinajstić information content (AvgIpc) is 3.16. The number of pyridine rings is 1. The molecule has 2 heterocycles. The molecule has 28 heavy (non-hydrogen) atoms. The van der Waals surface area contributed by atoms with Crippen LogP contribution in [0.1, 0.15) is 0 Å². The summed E-state index contributed by atoms with van der Waals surface area (Å²) in [5.41, 5.74) is 3.26. The van der Waals surface area contributed by atoms with Crippen molar-refractivity contribution in [1.82, 2.24) is 14.6 Å². The van der Waals surface area contributed by atoms with Gasteiger partial charge in [0.15, 0.2) is 23.0 Å². The lowest BCUT2D eigenvalue weighted by atomic mass is 10.1. The zero-order valence-corrected chi connectivity index (χ0v) is 15.6. The van der Waals surface area contributed by atoms with Gasteiger partial charge in [-0.05, 0) is 59.7 Å². The minimum absolute atomic E-state index is 0.296. The van der Waals surface area contributed by atoms with Crippen molar-refractivity contribution >= 4 is 5.65 Å². The van der Waals surface area contributed by atoms with Crippen LogP contribution in [-0.4, -0.2) is 35.9 Å². The Balaban J connectivity index is 1.86. The van der Waals surface area contributed by atoms with Crippen LogP contribution in [0.2, 0.25) is 0 Å². The molecule has 4 aromatic rings. The van der Waals surface area contributed by atoms with Crippen LogP contribution in [0.25, 0.3) is 28.2 Å². The number of ether oxygens (including phenoxy) is 3. The second kappa shape index (κ2) is 7.19. The van der Waals surface area contributed by atoms with Gasteiger partial charge in [-0.2, -0.15) is 0 Å². The van der Waals surface area contributed by atoms with Gasteiger partial charge in [0.25, 0.3) is 0 Å². The van der Waals surface area contributed by atoms with Crippen LogP contribution in [0.15, 0.2) is 54.7 Å². The Kier molecular flexibility index (Phi) is 4.57. The minimum atomic E-state index is -0.296. The summed E-state index contributed by atoms with van der Waals surface area (Å²) >= 11 is 0. The summed E-state index contributed by atoms with van der Waals surface area (Å²) in [6, 6.07) is 13.7. The standard InChI is InChI=1S/C21H18FN3O3/c1-26-17-10-15(11-18(27-2)20(17)28-3)14-6-9-19-23-24-21(25(19)12-14)13-4-7-16(22)8-5-13/h4-12H,1-3H3. The van der Waals surface area contributed by atoms with Gasteiger partial charge in [0.1, 0.15) is 5.82 Å².